The molecule has 0 spiro atoms. The van der Waals surface area contributed by atoms with E-state index in [9.17, 15) is 22.4 Å². The van der Waals surface area contributed by atoms with Crippen molar-refractivity contribution >= 4 is 17.6 Å². The maximum Gasteiger partial charge on any atom is 0.387 e. The number of rotatable bonds is 4. The Morgan fingerprint density at radius 3 is 2.14 bits per heavy atom. The van der Waals surface area contributed by atoms with Crippen molar-refractivity contribution < 1.29 is 27.1 Å². The summed E-state index contributed by atoms with van der Waals surface area (Å²) >= 11 is 4.09. The van der Waals surface area contributed by atoms with Gasteiger partial charge in [-0.05, 0) is 18.5 Å². The number of halogens is 5. The van der Waals surface area contributed by atoms with Gasteiger partial charge in [0, 0.05) is 5.57 Å². The van der Waals surface area contributed by atoms with Gasteiger partial charge in [-0.15, -0.1) is 0 Å². The lowest BCUT2D eigenvalue weighted by Crippen LogP contribution is -2.40. The molecule has 0 amide bonds. The first-order valence-corrected chi connectivity index (χ1v) is 3.73. The van der Waals surface area contributed by atoms with Crippen molar-refractivity contribution in [1.29, 1.82) is 0 Å². The van der Waals surface area contributed by atoms with E-state index in [1.165, 1.54) is 6.92 Å². The summed E-state index contributed by atoms with van der Waals surface area (Å²) in [6, 6.07) is 0. The van der Waals surface area contributed by atoms with Crippen molar-refractivity contribution in [3.05, 3.63) is 12.2 Å². The number of carbonyl (C=O) groups is 1. The largest absolute Gasteiger partial charge is 0.456 e. The lowest BCUT2D eigenvalue weighted by Gasteiger charge is -2.20. The van der Waals surface area contributed by atoms with E-state index < -0.39 is 23.9 Å². The number of hydrogen-bond donors (Lipinski definition) is 0. The molecule has 0 radical (unpaired) electrons. The van der Waals surface area contributed by atoms with Crippen LogP contribution in [0.5, 0.6) is 0 Å². The Labute approximate surface area is 82.5 Å². The molecule has 0 aromatic heterocycles. The minimum absolute atomic E-state index is 0.168. The van der Waals surface area contributed by atoms with Crippen LogP contribution >= 0.6 is 11.6 Å². The van der Waals surface area contributed by atoms with Crippen molar-refractivity contribution in [3.8, 4) is 0 Å². The summed E-state index contributed by atoms with van der Waals surface area (Å²) < 4.78 is 52.5. The van der Waals surface area contributed by atoms with Crippen LogP contribution in [0.4, 0.5) is 17.6 Å². The first-order valence-electron chi connectivity index (χ1n) is 3.35. The molecule has 0 unspecified atom stereocenters. The minimum atomic E-state index is -4.75. The van der Waals surface area contributed by atoms with E-state index in [0.29, 0.717) is 0 Å². The highest BCUT2D eigenvalue weighted by molar-refractivity contribution is 6.22. The van der Waals surface area contributed by atoms with Crippen LogP contribution in [0.25, 0.3) is 0 Å². The standard InChI is InChI=1S/C7H7ClF4O2/c1-4(2)5(13)14-3-6(9,10)7(8,11)12/h1,3H2,2H3. The SMILES string of the molecule is C=C(C)C(=O)OCC(F)(F)C(F)(F)Cl. The minimum Gasteiger partial charge on any atom is -0.456 e. The maximum atomic E-state index is 12.4. The second-order valence-corrected chi connectivity index (χ2v) is 3.03. The van der Waals surface area contributed by atoms with E-state index in [-0.39, 0.29) is 5.57 Å². The third-order valence-electron chi connectivity index (χ3n) is 1.15. The van der Waals surface area contributed by atoms with Gasteiger partial charge in [-0.3, -0.25) is 0 Å². The molecule has 82 valence electrons. The first-order chi connectivity index (χ1) is 6.08. The van der Waals surface area contributed by atoms with Crippen molar-refractivity contribution in [3.63, 3.8) is 0 Å². The zero-order chi connectivity index (χ0) is 11.6. The van der Waals surface area contributed by atoms with Gasteiger partial charge in [0.25, 0.3) is 0 Å². The number of hydrogen-bond acceptors (Lipinski definition) is 2. The van der Waals surface area contributed by atoms with Crippen LogP contribution in [0.1, 0.15) is 6.92 Å². The van der Waals surface area contributed by atoms with Crippen LogP contribution in [-0.4, -0.2) is 23.9 Å². The molecule has 0 aliphatic heterocycles. The molecule has 0 saturated carbocycles. The predicted molar refractivity (Wildman–Crippen MR) is 41.5 cm³/mol. The summed E-state index contributed by atoms with van der Waals surface area (Å²) in [6.07, 6.45) is 0. The lowest BCUT2D eigenvalue weighted by molar-refractivity contribution is -0.192. The van der Waals surface area contributed by atoms with Gasteiger partial charge in [0.15, 0.2) is 6.61 Å². The molecule has 14 heavy (non-hydrogen) atoms. The van der Waals surface area contributed by atoms with Crippen LogP contribution in [0.2, 0.25) is 0 Å². The number of alkyl halides is 5. The van der Waals surface area contributed by atoms with Gasteiger partial charge in [0.2, 0.25) is 0 Å². The van der Waals surface area contributed by atoms with E-state index in [4.69, 9.17) is 0 Å². The lowest BCUT2D eigenvalue weighted by atomic mass is 10.3. The van der Waals surface area contributed by atoms with Gasteiger partial charge < -0.3 is 4.74 Å². The van der Waals surface area contributed by atoms with Gasteiger partial charge in [0.1, 0.15) is 0 Å². The summed E-state index contributed by atoms with van der Waals surface area (Å²) in [5.41, 5.74) is -0.168. The topological polar surface area (TPSA) is 26.3 Å². The molecular weight excluding hydrogens is 228 g/mol. The van der Waals surface area contributed by atoms with E-state index in [1.54, 1.807) is 0 Å². The highest BCUT2D eigenvalue weighted by Gasteiger charge is 2.56. The number of esters is 1. The Hall–Kier alpha value is -0.780. The van der Waals surface area contributed by atoms with Crippen LogP contribution in [0.15, 0.2) is 12.2 Å². The Bertz CT molecular complexity index is 247. The molecule has 0 rings (SSSR count). The third-order valence-corrected chi connectivity index (χ3v) is 1.42. The van der Waals surface area contributed by atoms with Gasteiger partial charge in [-0.1, -0.05) is 6.58 Å². The van der Waals surface area contributed by atoms with Crippen LogP contribution in [-0.2, 0) is 9.53 Å². The summed E-state index contributed by atoms with van der Waals surface area (Å²) in [4.78, 5) is 10.6. The Morgan fingerprint density at radius 2 is 1.86 bits per heavy atom. The third kappa shape index (κ3) is 3.53. The van der Waals surface area contributed by atoms with E-state index in [0.717, 1.165) is 0 Å². The molecule has 7 heteroatoms. The Morgan fingerprint density at radius 1 is 1.43 bits per heavy atom. The molecule has 0 bridgehead atoms. The highest BCUT2D eigenvalue weighted by Crippen LogP contribution is 2.37. The smallest absolute Gasteiger partial charge is 0.387 e. The molecule has 0 aromatic rings. The molecule has 0 N–H and O–H groups in total. The molecule has 2 nitrogen and oxygen atoms in total. The Kier molecular flexibility index (Phi) is 3.93. The number of carbonyl (C=O) groups excluding carboxylic acids is 1. The fourth-order valence-electron chi connectivity index (χ4n) is 0.361. The molecule has 0 aliphatic carbocycles. The van der Waals surface area contributed by atoms with Gasteiger partial charge in [0.05, 0.1) is 0 Å². The molecule has 0 fully saturated rings. The van der Waals surface area contributed by atoms with Gasteiger partial charge in [-0.25, -0.2) is 4.79 Å². The normalized spacial score (nSPS) is 12.4. The van der Waals surface area contributed by atoms with Gasteiger partial charge >= 0.3 is 17.3 Å². The average Bonchev–Trinajstić information content (AvgIpc) is 1.97. The summed E-state index contributed by atoms with van der Waals surface area (Å²) in [5, 5.41) is -4.75. The Balaban J connectivity index is 4.27. The summed E-state index contributed by atoms with van der Waals surface area (Å²) in [6.45, 7) is 2.49. The van der Waals surface area contributed by atoms with Crippen LogP contribution in [0, 0.1) is 0 Å². The van der Waals surface area contributed by atoms with Gasteiger partial charge in [-0.2, -0.15) is 17.6 Å². The summed E-state index contributed by atoms with van der Waals surface area (Å²) in [5.74, 6) is -5.77. The van der Waals surface area contributed by atoms with E-state index in [2.05, 4.69) is 22.9 Å². The molecule has 0 heterocycles. The summed E-state index contributed by atoms with van der Waals surface area (Å²) in [7, 11) is 0. The average molecular weight is 235 g/mol. The molecule has 0 atom stereocenters. The zero-order valence-electron chi connectivity index (χ0n) is 7.12. The fourth-order valence-corrected chi connectivity index (χ4v) is 0.416. The molecular formula is C7H7ClF4O2. The van der Waals surface area contributed by atoms with Crippen molar-refractivity contribution in [2.45, 2.75) is 18.2 Å². The van der Waals surface area contributed by atoms with Crippen molar-refractivity contribution in [2.24, 2.45) is 0 Å². The van der Waals surface area contributed by atoms with E-state index in [1.807, 2.05) is 0 Å². The fraction of sp³-hybridized carbons (Fsp3) is 0.571. The predicted octanol–water partition coefficient (Wildman–Crippen LogP) is 2.57. The van der Waals surface area contributed by atoms with Crippen molar-refractivity contribution in [2.75, 3.05) is 6.61 Å². The molecule has 0 saturated heterocycles. The number of ether oxygens (including phenoxy) is 1. The zero-order valence-corrected chi connectivity index (χ0v) is 7.88. The molecule has 0 aromatic carbocycles. The van der Waals surface area contributed by atoms with Crippen LogP contribution < -0.4 is 0 Å². The monoisotopic (exact) mass is 234 g/mol. The van der Waals surface area contributed by atoms with Crippen LogP contribution in [0.3, 0.4) is 0 Å². The van der Waals surface area contributed by atoms with E-state index >= 15 is 0 Å². The first kappa shape index (κ1) is 13.2. The second kappa shape index (κ2) is 4.16. The quantitative estimate of drug-likeness (QED) is 0.323. The molecule has 0 aliphatic rings. The second-order valence-electron chi connectivity index (χ2n) is 2.56. The maximum absolute atomic E-state index is 12.4. The highest BCUT2D eigenvalue weighted by atomic mass is 35.5. The van der Waals surface area contributed by atoms with Crippen molar-refractivity contribution in [1.82, 2.24) is 0 Å².